The maximum absolute atomic E-state index is 12.2. The molecular weight excluding hydrogens is 390 g/mol. The zero-order chi connectivity index (χ0) is 17.7. The van der Waals surface area contributed by atoms with Crippen molar-refractivity contribution in [2.45, 2.75) is 32.7 Å². The fourth-order valence-corrected chi connectivity index (χ4v) is 3.48. The highest BCUT2D eigenvalue weighted by Gasteiger charge is 2.23. The Hall–Kier alpha value is -1.73. The van der Waals surface area contributed by atoms with E-state index < -0.39 is 11.9 Å². The summed E-state index contributed by atoms with van der Waals surface area (Å²) in [6.07, 6.45) is 0.891. The lowest BCUT2D eigenvalue weighted by Gasteiger charge is -2.20. The minimum atomic E-state index is -0.648. The molecule has 1 aromatic carbocycles. The van der Waals surface area contributed by atoms with Crippen molar-refractivity contribution in [1.82, 2.24) is 10.3 Å². The molecule has 0 bridgehead atoms. The molecule has 7 heteroatoms. The van der Waals surface area contributed by atoms with E-state index in [1.54, 1.807) is 0 Å². The zero-order valence-electron chi connectivity index (χ0n) is 13.6. The smallest absolute Gasteiger partial charge is 0.240 e. The summed E-state index contributed by atoms with van der Waals surface area (Å²) in [4.78, 5) is 28.2. The molecule has 0 saturated heterocycles. The van der Waals surface area contributed by atoms with Crippen LogP contribution in [-0.2, 0) is 16.0 Å². The predicted molar refractivity (Wildman–Crippen MR) is 99.5 cm³/mol. The lowest BCUT2D eigenvalue weighted by atomic mass is 9.98. The average molecular weight is 410 g/mol. The standard InChI is InChI=1S/C17H20BrN3O2S/c1-3-10(2)15(16(19)23)21-14(22)8-13-9-24-17(20-13)11-5-4-6-12(18)7-11/h4-7,9-10,15H,3,8H2,1-2H3,(H2,19,23)(H,21,22). The quantitative estimate of drug-likeness (QED) is 0.736. The van der Waals surface area contributed by atoms with Crippen LogP contribution in [0.3, 0.4) is 0 Å². The van der Waals surface area contributed by atoms with Gasteiger partial charge in [-0.3, -0.25) is 9.59 Å². The molecule has 3 N–H and O–H groups in total. The monoisotopic (exact) mass is 409 g/mol. The highest BCUT2D eigenvalue weighted by molar-refractivity contribution is 9.10. The van der Waals surface area contributed by atoms with E-state index in [0.717, 1.165) is 21.5 Å². The molecule has 0 fully saturated rings. The number of nitrogens with zero attached hydrogens (tertiary/aromatic N) is 1. The van der Waals surface area contributed by atoms with Gasteiger partial charge in [0, 0.05) is 15.4 Å². The Morgan fingerprint density at radius 2 is 2.17 bits per heavy atom. The summed E-state index contributed by atoms with van der Waals surface area (Å²) < 4.78 is 0.979. The molecule has 2 atom stereocenters. The topological polar surface area (TPSA) is 85.1 Å². The van der Waals surface area contributed by atoms with E-state index in [-0.39, 0.29) is 18.2 Å². The van der Waals surface area contributed by atoms with Crippen molar-refractivity contribution in [2.75, 3.05) is 0 Å². The summed E-state index contributed by atoms with van der Waals surface area (Å²) in [5.41, 5.74) is 7.05. The second kappa shape index (κ2) is 8.39. The molecule has 2 amide bonds. The normalized spacial score (nSPS) is 13.3. The average Bonchev–Trinajstić information content (AvgIpc) is 3.00. The second-order valence-corrected chi connectivity index (χ2v) is 7.44. The van der Waals surface area contributed by atoms with Crippen LogP contribution in [0.15, 0.2) is 34.1 Å². The van der Waals surface area contributed by atoms with E-state index in [4.69, 9.17) is 5.73 Å². The first-order chi connectivity index (χ1) is 11.4. The number of benzene rings is 1. The fourth-order valence-electron chi connectivity index (χ4n) is 2.26. The summed E-state index contributed by atoms with van der Waals surface area (Å²) in [5.74, 6) is -0.755. The molecule has 0 aliphatic heterocycles. The number of hydrogen-bond donors (Lipinski definition) is 2. The van der Waals surface area contributed by atoms with Gasteiger partial charge in [-0.15, -0.1) is 11.3 Å². The van der Waals surface area contributed by atoms with Gasteiger partial charge in [0.25, 0.3) is 0 Å². The Bertz CT molecular complexity index is 732. The molecule has 2 rings (SSSR count). The number of thiazole rings is 1. The van der Waals surface area contributed by atoms with Crippen molar-refractivity contribution < 1.29 is 9.59 Å². The molecule has 0 saturated carbocycles. The van der Waals surface area contributed by atoms with Gasteiger partial charge in [0.2, 0.25) is 11.8 Å². The number of nitrogens with one attached hydrogen (secondary N) is 1. The van der Waals surface area contributed by atoms with Crippen LogP contribution in [0.4, 0.5) is 0 Å². The number of nitrogens with two attached hydrogens (primary N) is 1. The van der Waals surface area contributed by atoms with E-state index in [9.17, 15) is 9.59 Å². The predicted octanol–water partition coefficient (Wildman–Crippen LogP) is 3.13. The Kier molecular flexibility index (Phi) is 6.51. The van der Waals surface area contributed by atoms with Gasteiger partial charge >= 0.3 is 0 Å². The minimum Gasteiger partial charge on any atom is -0.368 e. The number of halogens is 1. The summed E-state index contributed by atoms with van der Waals surface area (Å²) in [5, 5.41) is 5.43. The van der Waals surface area contributed by atoms with E-state index in [2.05, 4.69) is 26.2 Å². The molecule has 1 aromatic heterocycles. The Labute approximate surface area is 153 Å². The van der Waals surface area contributed by atoms with Gasteiger partial charge in [-0.1, -0.05) is 48.3 Å². The van der Waals surface area contributed by atoms with Gasteiger partial charge in [-0.25, -0.2) is 4.98 Å². The van der Waals surface area contributed by atoms with Crippen molar-refractivity contribution in [1.29, 1.82) is 0 Å². The Morgan fingerprint density at radius 1 is 1.42 bits per heavy atom. The van der Waals surface area contributed by atoms with Crippen LogP contribution in [0.2, 0.25) is 0 Å². The van der Waals surface area contributed by atoms with Crippen LogP contribution in [0.1, 0.15) is 26.0 Å². The lowest BCUT2D eigenvalue weighted by Crippen LogP contribution is -2.48. The number of amides is 2. The molecule has 0 radical (unpaired) electrons. The van der Waals surface area contributed by atoms with Crippen LogP contribution < -0.4 is 11.1 Å². The number of hydrogen-bond acceptors (Lipinski definition) is 4. The van der Waals surface area contributed by atoms with Crippen LogP contribution >= 0.6 is 27.3 Å². The maximum Gasteiger partial charge on any atom is 0.240 e. The van der Waals surface area contributed by atoms with E-state index in [1.165, 1.54) is 11.3 Å². The Morgan fingerprint density at radius 3 is 2.79 bits per heavy atom. The van der Waals surface area contributed by atoms with Gasteiger partial charge in [-0.2, -0.15) is 0 Å². The zero-order valence-corrected chi connectivity index (χ0v) is 16.0. The molecule has 2 aromatic rings. The summed E-state index contributed by atoms with van der Waals surface area (Å²) >= 11 is 4.92. The van der Waals surface area contributed by atoms with Gasteiger partial charge < -0.3 is 11.1 Å². The highest BCUT2D eigenvalue weighted by Crippen LogP contribution is 2.26. The number of carbonyl (C=O) groups is 2. The summed E-state index contributed by atoms with van der Waals surface area (Å²) in [6.45, 7) is 3.85. The van der Waals surface area contributed by atoms with Crippen molar-refractivity contribution >= 4 is 39.1 Å². The van der Waals surface area contributed by atoms with Gasteiger partial charge in [-0.05, 0) is 18.1 Å². The third kappa shape index (κ3) is 4.88. The van der Waals surface area contributed by atoms with E-state index in [0.29, 0.717) is 5.69 Å². The molecule has 0 aliphatic carbocycles. The third-order valence-corrected chi connectivity index (χ3v) is 5.23. The highest BCUT2D eigenvalue weighted by atomic mass is 79.9. The minimum absolute atomic E-state index is 0.000820. The fraction of sp³-hybridized carbons (Fsp3) is 0.353. The van der Waals surface area contributed by atoms with Crippen molar-refractivity contribution in [3.8, 4) is 10.6 Å². The molecule has 0 spiro atoms. The van der Waals surface area contributed by atoms with Gasteiger partial charge in [0.05, 0.1) is 12.1 Å². The molecule has 0 aliphatic rings. The van der Waals surface area contributed by atoms with Crippen molar-refractivity contribution in [3.05, 3.63) is 39.8 Å². The Balaban J connectivity index is 2.03. The maximum atomic E-state index is 12.2. The van der Waals surface area contributed by atoms with Crippen LogP contribution in [0.5, 0.6) is 0 Å². The molecule has 2 unspecified atom stereocenters. The first-order valence-electron chi connectivity index (χ1n) is 7.69. The largest absolute Gasteiger partial charge is 0.368 e. The van der Waals surface area contributed by atoms with Gasteiger partial charge in [0.1, 0.15) is 11.0 Å². The summed E-state index contributed by atoms with van der Waals surface area (Å²) in [7, 11) is 0. The second-order valence-electron chi connectivity index (χ2n) is 5.66. The number of rotatable bonds is 7. The van der Waals surface area contributed by atoms with Crippen LogP contribution in [0, 0.1) is 5.92 Å². The van der Waals surface area contributed by atoms with E-state index >= 15 is 0 Å². The molecule has 5 nitrogen and oxygen atoms in total. The van der Waals surface area contributed by atoms with Crippen LogP contribution in [0.25, 0.3) is 10.6 Å². The van der Waals surface area contributed by atoms with E-state index in [1.807, 2.05) is 43.5 Å². The number of aromatic nitrogens is 1. The first kappa shape index (κ1) is 18.6. The molecule has 1 heterocycles. The van der Waals surface area contributed by atoms with Crippen molar-refractivity contribution in [3.63, 3.8) is 0 Å². The first-order valence-corrected chi connectivity index (χ1v) is 9.37. The molecular formula is C17H20BrN3O2S. The van der Waals surface area contributed by atoms with Crippen molar-refractivity contribution in [2.24, 2.45) is 11.7 Å². The number of carbonyl (C=O) groups excluding carboxylic acids is 2. The van der Waals surface area contributed by atoms with Gasteiger partial charge in [0.15, 0.2) is 0 Å². The van der Waals surface area contributed by atoms with Crippen LogP contribution in [-0.4, -0.2) is 22.8 Å². The third-order valence-electron chi connectivity index (χ3n) is 3.80. The SMILES string of the molecule is CCC(C)C(NC(=O)Cc1csc(-c2cccc(Br)c2)n1)C(N)=O. The molecule has 128 valence electrons. The summed E-state index contributed by atoms with van der Waals surface area (Å²) in [6, 6.07) is 7.20. The molecule has 24 heavy (non-hydrogen) atoms. The number of primary amides is 1. The lowest BCUT2D eigenvalue weighted by molar-refractivity contribution is -0.128.